The van der Waals surface area contributed by atoms with Crippen molar-refractivity contribution >= 4 is 34.1 Å². The van der Waals surface area contributed by atoms with Crippen molar-refractivity contribution in [3.05, 3.63) is 71.8 Å². The van der Waals surface area contributed by atoms with E-state index in [1.165, 1.54) is 23.9 Å². The molecule has 0 saturated carbocycles. The largest absolute Gasteiger partial charge is 0.323 e. The van der Waals surface area contributed by atoms with E-state index in [9.17, 15) is 9.18 Å². The van der Waals surface area contributed by atoms with Crippen LogP contribution in [-0.4, -0.2) is 31.6 Å². The molecule has 2 aromatic heterocycles. The minimum absolute atomic E-state index is 0.0895. The molecule has 2 heterocycles. The van der Waals surface area contributed by atoms with Crippen LogP contribution in [0, 0.1) is 19.7 Å². The summed E-state index contributed by atoms with van der Waals surface area (Å²) in [6, 6.07) is 15.8. The van der Waals surface area contributed by atoms with Crippen molar-refractivity contribution in [2.75, 3.05) is 11.1 Å². The molecule has 4 rings (SSSR count). The van der Waals surface area contributed by atoms with Gasteiger partial charge >= 0.3 is 0 Å². The Hall–Kier alpha value is -3.26. The van der Waals surface area contributed by atoms with E-state index >= 15 is 0 Å². The molecule has 0 atom stereocenters. The van der Waals surface area contributed by atoms with Crippen LogP contribution in [-0.2, 0) is 4.79 Å². The first-order valence-electron chi connectivity index (χ1n) is 8.99. The van der Waals surface area contributed by atoms with Crippen molar-refractivity contribution in [2.24, 2.45) is 0 Å². The fraction of sp³-hybridized carbons (Fsp3) is 0.143. The first kappa shape index (κ1) is 19.1. The number of amides is 1. The molecule has 0 radical (unpaired) electrons. The number of thioether (sulfide) groups is 1. The van der Waals surface area contributed by atoms with Gasteiger partial charge in [0.1, 0.15) is 10.8 Å². The Morgan fingerprint density at radius 2 is 1.79 bits per heavy atom. The number of fused-ring (bicyclic) bond motifs is 1. The number of nitrogens with one attached hydrogen (secondary N) is 1. The van der Waals surface area contributed by atoms with Crippen molar-refractivity contribution in [1.29, 1.82) is 0 Å². The maximum atomic E-state index is 13.7. The molecule has 0 saturated heterocycles. The van der Waals surface area contributed by atoms with Crippen molar-refractivity contribution in [1.82, 2.24) is 20.0 Å². The predicted octanol–water partition coefficient (Wildman–Crippen LogP) is 4.30. The fourth-order valence-electron chi connectivity index (χ4n) is 3.05. The molecule has 0 spiro atoms. The van der Waals surface area contributed by atoms with Crippen LogP contribution in [0.5, 0.6) is 0 Å². The molecule has 146 valence electrons. The van der Waals surface area contributed by atoms with Gasteiger partial charge in [-0.2, -0.15) is 5.10 Å². The Kier molecular flexibility index (Phi) is 5.26. The van der Waals surface area contributed by atoms with Crippen molar-refractivity contribution in [3.8, 4) is 5.82 Å². The number of rotatable bonds is 5. The minimum atomic E-state index is -0.467. The second-order valence-electron chi connectivity index (χ2n) is 6.53. The average Bonchev–Trinajstić information content (AvgIpc) is 3.05. The van der Waals surface area contributed by atoms with Crippen LogP contribution in [0.1, 0.15) is 11.4 Å². The SMILES string of the molecule is Cc1cc(C)n(-c2nnc(SCC(=O)Nc3ccccc3F)c3ccccc23)n1. The third-order valence-corrected chi connectivity index (χ3v) is 5.31. The summed E-state index contributed by atoms with van der Waals surface area (Å²) in [6.45, 7) is 3.89. The van der Waals surface area contributed by atoms with Crippen molar-refractivity contribution in [2.45, 2.75) is 18.9 Å². The number of para-hydroxylation sites is 1. The molecule has 0 bridgehead atoms. The van der Waals surface area contributed by atoms with Gasteiger partial charge in [-0.15, -0.1) is 10.2 Å². The van der Waals surface area contributed by atoms with E-state index in [0.717, 1.165) is 22.2 Å². The van der Waals surface area contributed by atoms with Gasteiger partial charge < -0.3 is 5.32 Å². The summed E-state index contributed by atoms with van der Waals surface area (Å²) in [5.74, 6) is -0.0444. The first-order valence-corrected chi connectivity index (χ1v) is 9.98. The molecule has 0 aliphatic heterocycles. The normalized spacial score (nSPS) is 11.0. The molecule has 1 N–H and O–H groups in total. The number of halogens is 1. The van der Waals surface area contributed by atoms with Gasteiger partial charge in [0.15, 0.2) is 5.82 Å². The van der Waals surface area contributed by atoms with E-state index in [1.54, 1.807) is 16.8 Å². The number of hydrogen-bond acceptors (Lipinski definition) is 5. The fourth-order valence-corrected chi connectivity index (χ4v) is 3.83. The Labute approximate surface area is 171 Å². The highest BCUT2D eigenvalue weighted by Gasteiger charge is 2.15. The number of aromatic nitrogens is 4. The number of benzene rings is 2. The third-order valence-electron chi connectivity index (χ3n) is 4.33. The van der Waals surface area contributed by atoms with Crippen LogP contribution in [0.3, 0.4) is 0 Å². The highest BCUT2D eigenvalue weighted by molar-refractivity contribution is 8.00. The van der Waals surface area contributed by atoms with Gasteiger partial charge in [-0.25, -0.2) is 9.07 Å². The van der Waals surface area contributed by atoms with Gasteiger partial charge in [-0.05, 0) is 32.0 Å². The summed E-state index contributed by atoms with van der Waals surface area (Å²) in [7, 11) is 0. The van der Waals surface area contributed by atoms with E-state index in [4.69, 9.17) is 0 Å². The summed E-state index contributed by atoms with van der Waals surface area (Å²) in [5.41, 5.74) is 2.03. The van der Waals surface area contributed by atoms with Gasteiger partial charge in [0.05, 0.1) is 17.1 Å². The molecule has 6 nitrogen and oxygen atoms in total. The molecule has 0 unspecified atom stereocenters. The highest BCUT2D eigenvalue weighted by Crippen LogP contribution is 2.29. The van der Waals surface area contributed by atoms with E-state index in [1.807, 2.05) is 44.2 Å². The third kappa shape index (κ3) is 3.97. The van der Waals surface area contributed by atoms with Crippen LogP contribution < -0.4 is 5.32 Å². The number of hydrogen-bond donors (Lipinski definition) is 1. The standard InChI is InChI=1S/C21H18FN5OS/c1-13-11-14(2)27(26-13)20-15-7-3-4-8-16(15)21(25-24-20)29-12-19(28)23-18-10-6-5-9-17(18)22/h3-11H,12H2,1-2H3,(H,23,28). The summed E-state index contributed by atoms with van der Waals surface area (Å²) in [6.07, 6.45) is 0. The number of anilines is 1. The first-order chi connectivity index (χ1) is 14.0. The predicted molar refractivity (Wildman–Crippen MR) is 112 cm³/mol. The lowest BCUT2D eigenvalue weighted by Gasteiger charge is -2.10. The molecule has 4 aromatic rings. The molecule has 8 heteroatoms. The molecule has 0 aliphatic rings. The number of aryl methyl sites for hydroxylation is 2. The van der Waals surface area contributed by atoms with Crippen LogP contribution in [0.15, 0.2) is 59.6 Å². The molecular formula is C21H18FN5OS. The second-order valence-corrected chi connectivity index (χ2v) is 7.49. The monoisotopic (exact) mass is 407 g/mol. The van der Waals surface area contributed by atoms with Gasteiger partial charge in [-0.3, -0.25) is 4.79 Å². The maximum absolute atomic E-state index is 13.7. The highest BCUT2D eigenvalue weighted by atomic mass is 32.2. The summed E-state index contributed by atoms with van der Waals surface area (Å²) in [4.78, 5) is 12.2. The number of nitrogens with zero attached hydrogens (tertiary/aromatic N) is 4. The van der Waals surface area contributed by atoms with E-state index < -0.39 is 5.82 Å². The Balaban J connectivity index is 1.59. The minimum Gasteiger partial charge on any atom is -0.323 e. The van der Waals surface area contributed by atoms with Crippen molar-refractivity contribution in [3.63, 3.8) is 0 Å². The zero-order chi connectivity index (χ0) is 20.4. The molecular weight excluding hydrogens is 389 g/mol. The summed E-state index contributed by atoms with van der Waals surface area (Å²) < 4.78 is 15.5. The molecule has 1 amide bonds. The van der Waals surface area contributed by atoms with Gasteiger partial charge in [-0.1, -0.05) is 48.2 Å². The molecule has 0 fully saturated rings. The topological polar surface area (TPSA) is 72.7 Å². The molecule has 29 heavy (non-hydrogen) atoms. The zero-order valence-electron chi connectivity index (χ0n) is 15.9. The Morgan fingerprint density at radius 1 is 1.07 bits per heavy atom. The van der Waals surface area contributed by atoms with Crippen LogP contribution >= 0.6 is 11.8 Å². The van der Waals surface area contributed by atoms with E-state index in [0.29, 0.717) is 10.8 Å². The van der Waals surface area contributed by atoms with Crippen LogP contribution in [0.25, 0.3) is 16.6 Å². The van der Waals surface area contributed by atoms with Gasteiger partial charge in [0.25, 0.3) is 0 Å². The lowest BCUT2D eigenvalue weighted by atomic mass is 10.2. The lowest BCUT2D eigenvalue weighted by molar-refractivity contribution is -0.113. The zero-order valence-corrected chi connectivity index (χ0v) is 16.7. The van der Waals surface area contributed by atoms with Gasteiger partial charge in [0, 0.05) is 16.5 Å². The Morgan fingerprint density at radius 3 is 2.52 bits per heavy atom. The number of carbonyl (C=O) groups excluding carboxylic acids is 1. The number of carbonyl (C=O) groups is 1. The van der Waals surface area contributed by atoms with Crippen LogP contribution in [0.2, 0.25) is 0 Å². The van der Waals surface area contributed by atoms with Gasteiger partial charge in [0.2, 0.25) is 5.91 Å². The average molecular weight is 407 g/mol. The smallest absolute Gasteiger partial charge is 0.234 e. The molecule has 0 aliphatic carbocycles. The summed E-state index contributed by atoms with van der Waals surface area (Å²) >= 11 is 1.26. The molecule has 2 aromatic carbocycles. The second kappa shape index (κ2) is 8.00. The van der Waals surface area contributed by atoms with Crippen LogP contribution in [0.4, 0.5) is 10.1 Å². The van der Waals surface area contributed by atoms with E-state index in [2.05, 4.69) is 20.6 Å². The lowest BCUT2D eigenvalue weighted by Crippen LogP contribution is -2.15. The quantitative estimate of drug-likeness (QED) is 0.499. The Bertz CT molecular complexity index is 1210. The van der Waals surface area contributed by atoms with E-state index in [-0.39, 0.29) is 17.3 Å². The van der Waals surface area contributed by atoms with Crippen molar-refractivity contribution < 1.29 is 9.18 Å². The summed E-state index contributed by atoms with van der Waals surface area (Å²) in [5, 5.41) is 18.2. The maximum Gasteiger partial charge on any atom is 0.234 e.